The van der Waals surface area contributed by atoms with Crippen molar-refractivity contribution >= 4 is 59.2 Å². The molecule has 0 aromatic heterocycles. The average Bonchev–Trinajstić information content (AvgIpc) is 3.19. The normalized spacial score (nSPS) is 15.3. The van der Waals surface area contributed by atoms with Gasteiger partial charge in [0, 0.05) is 13.1 Å². The van der Waals surface area contributed by atoms with Crippen molar-refractivity contribution in [1.29, 1.82) is 0 Å². The number of nitrogens with one attached hydrogen (secondary N) is 8. The van der Waals surface area contributed by atoms with Crippen LogP contribution in [0.2, 0.25) is 0 Å². The van der Waals surface area contributed by atoms with E-state index in [1.54, 1.807) is 48.6 Å². The third-order valence-electron chi connectivity index (χ3n) is 9.88. The zero-order valence-electron chi connectivity index (χ0n) is 37.3. The molecule has 0 radical (unpaired) electrons. The lowest BCUT2D eigenvalue weighted by atomic mass is 9.95. The lowest BCUT2D eigenvalue weighted by Crippen LogP contribution is -2.63. The van der Waals surface area contributed by atoms with Crippen molar-refractivity contribution in [3.8, 4) is 0 Å². The van der Waals surface area contributed by atoms with Crippen molar-refractivity contribution in [2.24, 2.45) is 56.4 Å². The van der Waals surface area contributed by atoms with Gasteiger partial charge in [-0.1, -0.05) is 54.4 Å². The van der Waals surface area contributed by atoms with Gasteiger partial charge in [-0.05, 0) is 57.4 Å². The fourth-order valence-electron chi connectivity index (χ4n) is 5.79. The van der Waals surface area contributed by atoms with Crippen LogP contribution in [0.4, 0.5) is 0 Å². The highest BCUT2D eigenvalue weighted by Crippen LogP contribution is 2.13. The van der Waals surface area contributed by atoms with Crippen LogP contribution in [0.1, 0.15) is 87.0 Å². The molecule has 0 spiro atoms. The second-order valence-corrected chi connectivity index (χ2v) is 15.5. The highest BCUT2D eigenvalue weighted by atomic mass is 16.3. The molecule has 0 aromatic carbocycles. The number of likely N-dealkylation sites (N-methyl/N-ethyl adjacent to an activating group) is 1. The molecular weight excluding hydrogens is 811 g/mol. The maximum Gasteiger partial charge on any atom is 0.245 e. The van der Waals surface area contributed by atoms with Gasteiger partial charge in [0.1, 0.15) is 36.3 Å². The molecule has 0 aliphatic rings. The average molecular weight is 884 g/mol. The smallest absolute Gasteiger partial charge is 0.245 e. The highest BCUT2D eigenvalue weighted by molar-refractivity contribution is 5.97. The van der Waals surface area contributed by atoms with E-state index in [-0.39, 0.29) is 50.8 Å². The summed E-state index contributed by atoms with van der Waals surface area (Å²) in [6.07, 6.45) is -0.210. The predicted octanol–water partition coefficient (Wildman–Crippen LogP) is -5.05. The summed E-state index contributed by atoms with van der Waals surface area (Å²) in [7, 11) is 1.56. The lowest BCUT2D eigenvalue weighted by molar-refractivity contribution is -0.138. The standard InChI is InChI=1S/C38H73N15O9/c1-9-20(5)28(34(60)48-23(31(39)57)13-11-15-45-37(40)41)51-32(58)24(14-12-16-46-38(42)43)49-36(62)30(22(7)54)53-35(61)29(21(6)10-2)52-33(59)27(19(3)4)50-26(56)18-47-25(55)17-44-8/h19-24,27-30,44,54H,9-18H2,1-8H3,(H2,39,57)(H,47,55)(H,48,60)(H,49,62)(H,50,56)(H,51,58)(H,52,59)(H,53,61)(H4,40,41,45)(H4,42,43,46)/t20-,21-,22+,23-,24-,27-,28-,29-,30-/m0/s1. The number of aliphatic hydroxyl groups excluding tert-OH is 1. The van der Waals surface area contributed by atoms with Crippen LogP contribution in [0.5, 0.6) is 0 Å². The molecule has 0 bridgehead atoms. The Bertz CT molecular complexity index is 1550. The summed E-state index contributed by atoms with van der Waals surface area (Å²) in [5, 5.41) is 31.3. The van der Waals surface area contributed by atoms with Crippen LogP contribution in [0.25, 0.3) is 0 Å². The molecule has 0 saturated heterocycles. The van der Waals surface area contributed by atoms with Gasteiger partial charge in [0.25, 0.3) is 0 Å². The largest absolute Gasteiger partial charge is 0.391 e. The number of hydrogen-bond acceptors (Lipinski definition) is 12. The van der Waals surface area contributed by atoms with Crippen molar-refractivity contribution < 1.29 is 43.5 Å². The maximum atomic E-state index is 13.9. The minimum Gasteiger partial charge on any atom is -0.391 e. The van der Waals surface area contributed by atoms with E-state index in [1.165, 1.54) is 6.92 Å². The van der Waals surface area contributed by atoms with Crippen LogP contribution in [-0.4, -0.2) is 140 Å². The zero-order chi connectivity index (χ0) is 47.7. The molecule has 62 heavy (non-hydrogen) atoms. The number of nitrogens with two attached hydrogens (primary N) is 5. The van der Waals surface area contributed by atoms with Gasteiger partial charge in [-0.3, -0.25) is 48.3 Å². The molecule has 8 amide bonds. The number of carbonyl (C=O) groups excluding carboxylic acids is 8. The number of aliphatic imine (C=N–C) groups is 2. The number of rotatable bonds is 30. The summed E-state index contributed by atoms with van der Waals surface area (Å²) in [5.41, 5.74) is 27.2. The SMILES string of the molecule is CC[C@H](C)[C@H](NC(=O)[C@H](CCCN=C(N)N)NC(=O)[C@@H](NC(=O)[C@@H](NC(=O)[C@@H](NC(=O)CNC(=O)CNC)C(C)C)[C@@H](C)CC)[C@@H](C)O)C(=O)N[C@@H](CCCN=C(N)N)C(N)=O. The van der Waals surface area contributed by atoms with Gasteiger partial charge < -0.3 is 76.3 Å². The summed E-state index contributed by atoms with van der Waals surface area (Å²) in [5.74, 6) is -7.73. The van der Waals surface area contributed by atoms with E-state index < -0.39 is 114 Å². The van der Waals surface area contributed by atoms with Crippen molar-refractivity contribution in [2.75, 3.05) is 33.2 Å². The van der Waals surface area contributed by atoms with Crippen molar-refractivity contribution in [3.05, 3.63) is 0 Å². The Kier molecular flexibility index (Phi) is 26.7. The summed E-state index contributed by atoms with van der Waals surface area (Å²) in [4.78, 5) is 113. The number of carbonyl (C=O) groups is 8. The van der Waals surface area contributed by atoms with Crippen LogP contribution in [0.3, 0.4) is 0 Å². The van der Waals surface area contributed by atoms with E-state index in [1.807, 2.05) is 0 Å². The topological polar surface area (TPSA) is 408 Å². The number of hydrogen-bond donors (Lipinski definition) is 14. The minimum atomic E-state index is -1.65. The number of guanidine groups is 2. The van der Waals surface area contributed by atoms with E-state index in [9.17, 15) is 43.5 Å². The summed E-state index contributed by atoms with van der Waals surface area (Å²) in [6, 6.07) is -7.69. The van der Waals surface area contributed by atoms with E-state index in [4.69, 9.17) is 28.7 Å². The molecule has 0 fully saturated rings. The molecule has 0 heterocycles. The lowest BCUT2D eigenvalue weighted by Gasteiger charge is -2.31. The second kappa shape index (κ2) is 29.5. The second-order valence-electron chi connectivity index (χ2n) is 15.5. The van der Waals surface area contributed by atoms with Crippen LogP contribution >= 0.6 is 0 Å². The maximum absolute atomic E-state index is 13.9. The molecule has 0 aliphatic heterocycles. The van der Waals surface area contributed by atoms with Gasteiger partial charge in [0.05, 0.1) is 19.2 Å². The Morgan fingerprint density at radius 3 is 1.39 bits per heavy atom. The molecule has 0 aliphatic carbocycles. The summed E-state index contributed by atoms with van der Waals surface area (Å²) in [6.45, 7) is 11.3. The molecule has 0 aromatic rings. The first-order valence-electron chi connectivity index (χ1n) is 20.8. The molecule has 24 nitrogen and oxygen atoms in total. The quantitative estimate of drug-likeness (QED) is 0.0183. The third-order valence-corrected chi connectivity index (χ3v) is 9.88. The fraction of sp³-hybridized carbons (Fsp3) is 0.737. The van der Waals surface area contributed by atoms with Gasteiger partial charge in [-0.15, -0.1) is 0 Å². The monoisotopic (exact) mass is 884 g/mol. The van der Waals surface area contributed by atoms with Gasteiger partial charge in [-0.25, -0.2) is 0 Å². The van der Waals surface area contributed by atoms with Crippen molar-refractivity contribution in [3.63, 3.8) is 0 Å². The number of nitrogens with zero attached hydrogens (tertiary/aromatic N) is 2. The first-order valence-corrected chi connectivity index (χ1v) is 20.8. The Labute approximate surface area is 363 Å². The first-order chi connectivity index (χ1) is 29.0. The molecule has 19 N–H and O–H groups in total. The zero-order valence-corrected chi connectivity index (χ0v) is 37.3. The van der Waals surface area contributed by atoms with E-state index in [0.717, 1.165) is 0 Å². The van der Waals surface area contributed by atoms with Crippen LogP contribution in [0, 0.1) is 17.8 Å². The molecule has 0 saturated carbocycles. The highest BCUT2D eigenvalue weighted by Gasteiger charge is 2.37. The first kappa shape index (κ1) is 56.2. The number of aliphatic hydroxyl groups is 1. The van der Waals surface area contributed by atoms with Crippen LogP contribution in [-0.2, 0) is 38.4 Å². The Hall–Kier alpha value is -5.78. The van der Waals surface area contributed by atoms with Gasteiger partial charge >= 0.3 is 0 Å². The van der Waals surface area contributed by atoms with E-state index in [0.29, 0.717) is 19.3 Å². The van der Waals surface area contributed by atoms with Gasteiger partial charge in [-0.2, -0.15) is 0 Å². The third kappa shape index (κ3) is 21.7. The number of amides is 8. The van der Waals surface area contributed by atoms with Crippen molar-refractivity contribution in [2.45, 2.75) is 129 Å². The fourth-order valence-corrected chi connectivity index (χ4v) is 5.79. The van der Waals surface area contributed by atoms with E-state index in [2.05, 4.69) is 52.5 Å². The summed E-state index contributed by atoms with van der Waals surface area (Å²) < 4.78 is 0. The minimum absolute atomic E-state index is 0.0195. The van der Waals surface area contributed by atoms with Gasteiger partial charge in [0.15, 0.2) is 11.9 Å². The Balaban J connectivity index is 6.39. The van der Waals surface area contributed by atoms with Crippen LogP contribution < -0.4 is 71.2 Å². The predicted molar refractivity (Wildman–Crippen MR) is 233 cm³/mol. The summed E-state index contributed by atoms with van der Waals surface area (Å²) >= 11 is 0. The van der Waals surface area contributed by atoms with Crippen LogP contribution in [0.15, 0.2) is 9.98 Å². The van der Waals surface area contributed by atoms with Gasteiger partial charge in [0.2, 0.25) is 47.3 Å². The molecule has 354 valence electrons. The Morgan fingerprint density at radius 1 is 0.532 bits per heavy atom. The molecule has 9 atom stereocenters. The molecule has 0 unspecified atom stereocenters. The molecular formula is C38H73N15O9. The van der Waals surface area contributed by atoms with Crippen molar-refractivity contribution in [1.82, 2.24) is 42.5 Å². The van der Waals surface area contributed by atoms with E-state index >= 15 is 0 Å². The number of primary amides is 1. The molecule has 24 heteroatoms. The Morgan fingerprint density at radius 2 is 0.952 bits per heavy atom. The molecule has 0 rings (SSSR count).